The summed E-state index contributed by atoms with van der Waals surface area (Å²) in [5, 5.41) is 7.43. The molecule has 0 aromatic carbocycles. The molecule has 1 saturated heterocycles. The lowest BCUT2D eigenvalue weighted by molar-refractivity contribution is 0.0897. The molecular weight excluding hydrogens is 205 g/mol. The first-order valence-electron chi connectivity index (χ1n) is 6.10. The smallest absolute Gasteiger partial charge is 0.141 e. The molecule has 0 spiro atoms. The molecule has 1 aliphatic rings. The quantitative estimate of drug-likeness (QED) is 0.831. The molecule has 0 aliphatic carbocycles. The average molecular weight is 225 g/mol. The SMILES string of the molecule is CCC(CC)n1ccc(CC2(F)CNC2)n1. The number of hydrogen-bond acceptors (Lipinski definition) is 2. The van der Waals surface area contributed by atoms with Crippen LogP contribution in [0.5, 0.6) is 0 Å². The predicted octanol–water partition coefficient (Wildman–Crippen LogP) is 2.10. The Bertz CT molecular complexity index is 340. The summed E-state index contributed by atoms with van der Waals surface area (Å²) in [4.78, 5) is 0. The molecule has 0 unspecified atom stereocenters. The molecule has 1 N–H and O–H groups in total. The molecule has 0 bridgehead atoms. The van der Waals surface area contributed by atoms with Crippen molar-refractivity contribution in [2.75, 3.05) is 13.1 Å². The van der Waals surface area contributed by atoms with Crippen molar-refractivity contribution in [3.63, 3.8) is 0 Å². The number of nitrogens with zero attached hydrogens (tertiary/aromatic N) is 2. The first-order valence-corrected chi connectivity index (χ1v) is 6.10. The lowest BCUT2D eigenvalue weighted by atomic mass is 9.94. The van der Waals surface area contributed by atoms with Gasteiger partial charge in [0.25, 0.3) is 0 Å². The largest absolute Gasteiger partial charge is 0.310 e. The van der Waals surface area contributed by atoms with Gasteiger partial charge in [-0.2, -0.15) is 5.10 Å². The minimum Gasteiger partial charge on any atom is -0.310 e. The Morgan fingerprint density at radius 2 is 2.19 bits per heavy atom. The predicted molar refractivity (Wildman–Crippen MR) is 62.3 cm³/mol. The highest BCUT2D eigenvalue weighted by molar-refractivity contribution is 5.08. The van der Waals surface area contributed by atoms with E-state index in [4.69, 9.17) is 0 Å². The van der Waals surface area contributed by atoms with Crippen LogP contribution >= 0.6 is 0 Å². The van der Waals surface area contributed by atoms with Crippen LogP contribution < -0.4 is 5.32 Å². The van der Waals surface area contributed by atoms with Gasteiger partial charge in [0.1, 0.15) is 5.67 Å². The molecule has 0 saturated carbocycles. The van der Waals surface area contributed by atoms with Crippen molar-refractivity contribution < 1.29 is 4.39 Å². The van der Waals surface area contributed by atoms with Gasteiger partial charge in [-0.25, -0.2) is 4.39 Å². The first kappa shape index (κ1) is 11.6. The van der Waals surface area contributed by atoms with E-state index in [1.807, 2.05) is 16.9 Å². The van der Waals surface area contributed by atoms with Crippen LogP contribution in [0.3, 0.4) is 0 Å². The van der Waals surface area contributed by atoms with Gasteiger partial charge in [-0.05, 0) is 18.9 Å². The fourth-order valence-electron chi connectivity index (χ4n) is 2.18. The van der Waals surface area contributed by atoms with Gasteiger partial charge < -0.3 is 5.32 Å². The van der Waals surface area contributed by atoms with Crippen LogP contribution in [-0.4, -0.2) is 28.5 Å². The van der Waals surface area contributed by atoms with Crippen LogP contribution in [0.2, 0.25) is 0 Å². The number of halogens is 1. The Kier molecular flexibility index (Phi) is 3.28. The summed E-state index contributed by atoms with van der Waals surface area (Å²) in [7, 11) is 0. The van der Waals surface area contributed by atoms with E-state index >= 15 is 0 Å². The molecular formula is C12H20FN3. The molecule has 16 heavy (non-hydrogen) atoms. The van der Waals surface area contributed by atoms with E-state index in [1.165, 1.54) is 0 Å². The van der Waals surface area contributed by atoms with E-state index in [-0.39, 0.29) is 0 Å². The van der Waals surface area contributed by atoms with Gasteiger partial charge in [-0.15, -0.1) is 0 Å². The van der Waals surface area contributed by atoms with E-state index < -0.39 is 5.67 Å². The van der Waals surface area contributed by atoms with Crippen LogP contribution in [-0.2, 0) is 6.42 Å². The van der Waals surface area contributed by atoms with E-state index in [0.29, 0.717) is 25.6 Å². The Morgan fingerprint density at radius 1 is 1.50 bits per heavy atom. The Morgan fingerprint density at radius 3 is 2.69 bits per heavy atom. The van der Waals surface area contributed by atoms with Crippen molar-refractivity contribution >= 4 is 0 Å². The van der Waals surface area contributed by atoms with Crippen molar-refractivity contribution in [3.05, 3.63) is 18.0 Å². The van der Waals surface area contributed by atoms with Crippen LogP contribution in [0.4, 0.5) is 4.39 Å². The van der Waals surface area contributed by atoms with Crippen LogP contribution in [0.15, 0.2) is 12.3 Å². The lowest BCUT2D eigenvalue weighted by Crippen LogP contribution is -2.57. The fraction of sp³-hybridized carbons (Fsp3) is 0.750. The molecule has 0 atom stereocenters. The standard InChI is InChI=1S/C12H20FN3/c1-3-11(4-2)16-6-5-10(15-16)7-12(13)8-14-9-12/h5-6,11,14H,3-4,7-9H2,1-2H3. The Balaban J connectivity index is 2.01. The molecule has 4 heteroatoms. The number of alkyl halides is 1. The minimum atomic E-state index is -1.06. The topological polar surface area (TPSA) is 29.9 Å². The van der Waals surface area contributed by atoms with E-state index in [1.54, 1.807) is 0 Å². The molecule has 1 aromatic rings. The second-order valence-corrected chi connectivity index (χ2v) is 4.69. The fourth-order valence-corrected chi connectivity index (χ4v) is 2.18. The molecule has 0 amide bonds. The van der Waals surface area contributed by atoms with Crippen LogP contribution in [0.25, 0.3) is 0 Å². The summed E-state index contributed by atoms with van der Waals surface area (Å²) < 4.78 is 15.8. The van der Waals surface area contributed by atoms with Crippen LogP contribution in [0.1, 0.15) is 38.4 Å². The average Bonchev–Trinajstić information content (AvgIpc) is 2.66. The number of aromatic nitrogens is 2. The number of rotatable bonds is 5. The van der Waals surface area contributed by atoms with Crippen molar-refractivity contribution in [2.24, 2.45) is 0 Å². The number of nitrogens with one attached hydrogen (secondary N) is 1. The third kappa shape index (κ3) is 2.26. The maximum absolute atomic E-state index is 13.9. The zero-order chi connectivity index (χ0) is 11.6. The maximum Gasteiger partial charge on any atom is 0.141 e. The molecule has 0 radical (unpaired) electrons. The van der Waals surface area contributed by atoms with Crippen molar-refractivity contribution in [1.29, 1.82) is 0 Å². The molecule has 2 heterocycles. The van der Waals surface area contributed by atoms with Gasteiger partial charge in [0, 0.05) is 25.7 Å². The molecule has 2 rings (SSSR count). The molecule has 3 nitrogen and oxygen atoms in total. The summed E-state index contributed by atoms with van der Waals surface area (Å²) in [5.41, 5.74) is -0.191. The summed E-state index contributed by atoms with van der Waals surface area (Å²) in [6.45, 7) is 5.24. The second-order valence-electron chi connectivity index (χ2n) is 4.69. The zero-order valence-electron chi connectivity index (χ0n) is 10.0. The van der Waals surface area contributed by atoms with Gasteiger partial charge in [0.2, 0.25) is 0 Å². The zero-order valence-corrected chi connectivity index (χ0v) is 10.0. The van der Waals surface area contributed by atoms with Crippen molar-refractivity contribution in [2.45, 2.75) is 44.8 Å². The monoisotopic (exact) mass is 225 g/mol. The van der Waals surface area contributed by atoms with E-state index in [9.17, 15) is 4.39 Å². The van der Waals surface area contributed by atoms with Gasteiger partial charge >= 0.3 is 0 Å². The maximum atomic E-state index is 13.9. The first-order chi connectivity index (χ1) is 7.67. The molecule has 1 aliphatic heterocycles. The highest BCUT2D eigenvalue weighted by Crippen LogP contribution is 2.22. The Hall–Kier alpha value is -0.900. The second kappa shape index (κ2) is 4.53. The van der Waals surface area contributed by atoms with Gasteiger partial charge in [0.15, 0.2) is 0 Å². The minimum absolute atomic E-state index is 0.438. The van der Waals surface area contributed by atoms with Crippen LogP contribution in [0, 0.1) is 0 Å². The highest BCUT2D eigenvalue weighted by atomic mass is 19.1. The normalized spacial score (nSPS) is 18.8. The molecule has 90 valence electrons. The van der Waals surface area contributed by atoms with Crippen molar-refractivity contribution in [3.8, 4) is 0 Å². The molecule has 1 fully saturated rings. The van der Waals surface area contributed by atoms with Gasteiger partial charge in [-0.3, -0.25) is 4.68 Å². The summed E-state index contributed by atoms with van der Waals surface area (Å²) in [5.74, 6) is 0. The third-order valence-corrected chi connectivity index (χ3v) is 3.36. The summed E-state index contributed by atoms with van der Waals surface area (Å²) >= 11 is 0. The Labute approximate surface area is 96.0 Å². The lowest BCUT2D eigenvalue weighted by Gasteiger charge is -2.34. The van der Waals surface area contributed by atoms with Crippen molar-refractivity contribution in [1.82, 2.24) is 15.1 Å². The van der Waals surface area contributed by atoms with Gasteiger partial charge in [-0.1, -0.05) is 13.8 Å². The third-order valence-electron chi connectivity index (χ3n) is 3.36. The van der Waals surface area contributed by atoms with E-state index in [2.05, 4.69) is 24.3 Å². The number of hydrogen-bond donors (Lipinski definition) is 1. The van der Waals surface area contributed by atoms with Gasteiger partial charge in [0.05, 0.1) is 11.7 Å². The summed E-state index contributed by atoms with van der Waals surface area (Å²) in [6, 6.07) is 2.39. The summed E-state index contributed by atoms with van der Waals surface area (Å²) in [6.07, 6.45) is 4.55. The highest BCUT2D eigenvalue weighted by Gasteiger charge is 2.37. The van der Waals surface area contributed by atoms with E-state index in [0.717, 1.165) is 18.5 Å². The molecule has 1 aromatic heterocycles.